The number of oxazole rings is 1. The van der Waals surface area contributed by atoms with E-state index < -0.39 is 17.2 Å². The summed E-state index contributed by atoms with van der Waals surface area (Å²) >= 11 is 12.9. The van der Waals surface area contributed by atoms with E-state index in [2.05, 4.69) is 15.6 Å². The van der Waals surface area contributed by atoms with Crippen LogP contribution in [0.25, 0.3) is 11.1 Å². The highest BCUT2D eigenvalue weighted by Gasteiger charge is 2.32. The van der Waals surface area contributed by atoms with Gasteiger partial charge in [0.1, 0.15) is 5.52 Å². The second-order valence-corrected chi connectivity index (χ2v) is 9.13. The number of nitrogens with zero attached hydrogens (tertiary/aromatic N) is 1. The fraction of sp³-hybridized carbons (Fsp3) is 0.304. The van der Waals surface area contributed by atoms with Crippen LogP contribution in [0.4, 0.5) is 0 Å². The van der Waals surface area contributed by atoms with Crippen molar-refractivity contribution >= 4 is 52.0 Å². The first-order chi connectivity index (χ1) is 15.2. The maximum atomic E-state index is 13.0. The number of fused-ring (bicyclic) bond motifs is 1. The number of piperidine rings is 1. The van der Waals surface area contributed by atoms with Crippen molar-refractivity contribution in [1.82, 2.24) is 15.6 Å². The van der Waals surface area contributed by atoms with E-state index in [1.54, 1.807) is 18.2 Å². The monoisotopic (exact) mass is 473 g/mol. The zero-order valence-corrected chi connectivity index (χ0v) is 19.0. The number of rotatable bonds is 5. The molecule has 3 amide bonds. The van der Waals surface area contributed by atoms with Gasteiger partial charge in [0, 0.05) is 28.6 Å². The van der Waals surface area contributed by atoms with Crippen LogP contribution < -0.4 is 10.6 Å². The minimum atomic E-state index is -0.812. The van der Waals surface area contributed by atoms with E-state index in [1.165, 1.54) is 6.39 Å². The summed E-state index contributed by atoms with van der Waals surface area (Å²) in [6.45, 7) is 3.87. The standard InChI is InChI=1S/C23H21Cl2N3O4/c1-23(2,13-3-5-18-17(9-13)27-11-32-18)22(31)26-10-12-7-15(24)20(16(25)8-12)14-4-6-19(29)28-21(14)30/h3,5,7-9,11,14H,4,6,10H2,1-2H3,(H,26,31)(H,28,29,30). The molecular formula is C23H21Cl2N3O4. The molecule has 32 heavy (non-hydrogen) atoms. The van der Waals surface area contributed by atoms with Gasteiger partial charge in [-0.05, 0) is 55.7 Å². The number of carbonyl (C=O) groups is 3. The van der Waals surface area contributed by atoms with Gasteiger partial charge in [0.2, 0.25) is 17.7 Å². The zero-order chi connectivity index (χ0) is 23.0. The maximum Gasteiger partial charge on any atom is 0.234 e. The van der Waals surface area contributed by atoms with Gasteiger partial charge in [0.25, 0.3) is 0 Å². The predicted octanol–water partition coefficient (Wildman–Crippen LogP) is 4.25. The molecule has 2 aromatic carbocycles. The number of carbonyl (C=O) groups excluding carboxylic acids is 3. The van der Waals surface area contributed by atoms with Crippen molar-refractivity contribution in [2.24, 2.45) is 0 Å². The fourth-order valence-electron chi connectivity index (χ4n) is 3.82. The molecule has 1 atom stereocenters. The summed E-state index contributed by atoms with van der Waals surface area (Å²) in [6, 6.07) is 8.83. The van der Waals surface area contributed by atoms with Crippen molar-refractivity contribution in [2.75, 3.05) is 0 Å². The van der Waals surface area contributed by atoms with Crippen molar-refractivity contribution in [2.45, 2.75) is 44.6 Å². The lowest BCUT2D eigenvalue weighted by Gasteiger charge is -2.25. The zero-order valence-electron chi connectivity index (χ0n) is 17.5. The lowest BCUT2D eigenvalue weighted by molar-refractivity contribution is -0.134. The van der Waals surface area contributed by atoms with Crippen LogP contribution in [0.5, 0.6) is 0 Å². The molecule has 0 bridgehead atoms. The van der Waals surface area contributed by atoms with Gasteiger partial charge in [-0.2, -0.15) is 0 Å². The summed E-state index contributed by atoms with van der Waals surface area (Å²) in [5.74, 6) is -1.47. The molecule has 3 aromatic rings. The first-order valence-corrected chi connectivity index (χ1v) is 10.9. The Labute approximate surface area is 194 Å². The van der Waals surface area contributed by atoms with E-state index in [0.29, 0.717) is 38.7 Å². The van der Waals surface area contributed by atoms with Crippen molar-refractivity contribution < 1.29 is 18.8 Å². The quantitative estimate of drug-likeness (QED) is 0.539. The van der Waals surface area contributed by atoms with Crippen molar-refractivity contribution in [3.63, 3.8) is 0 Å². The highest BCUT2D eigenvalue weighted by Crippen LogP contribution is 2.37. The summed E-state index contributed by atoms with van der Waals surface area (Å²) in [7, 11) is 0. The molecular weight excluding hydrogens is 453 g/mol. The molecule has 0 radical (unpaired) electrons. The number of hydrogen-bond donors (Lipinski definition) is 2. The van der Waals surface area contributed by atoms with Crippen molar-refractivity contribution in [3.8, 4) is 0 Å². The molecule has 1 unspecified atom stereocenters. The molecule has 7 nitrogen and oxygen atoms in total. The average molecular weight is 474 g/mol. The number of nitrogens with one attached hydrogen (secondary N) is 2. The van der Waals surface area contributed by atoms with E-state index in [1.807, 2.05) is 26.0 Å². The van der Waals surface area contributed by atoms with Crippen LogP contribution in [0.2, 0.25) is 10.0 Å². The fourth-order valence-corrected chi connectivity index (χ4v) is 4.62. The number of aromatic nitrogens is 1. The molecule has 0 saturated carbocycles. The van der Waals surface area contributed by atoms with Crippen LogP contribution in [0.1, 0.15) is 49.3 Å². The van der Waals surface area contributed by atoms with Crippen molar-refractivity contribution in [3.05, 3.63) is 63.5 Å². The Morgan fingerprint density at radius 3 is 2.62 bits per heavy atom. The Balaban J connectivity index is 1.49. The molecule has 2 N–H and O–H groups in total. The van der Waals surface area contributed by atoms with Gasteiger partial charge in [-0.3, -0.25) is 19.7 Å². The first-order valence-electron chi connectivity index (χ1n) is 10.1. The second kappa shape index (κ2) is 8.56. The molecule has 1 fully saturated rings. The van der Waals surface area contributed by atoms with Crippen LogP contribution >= 0.6 is 23.2 Å². The average Bonchev–Trinajstić information content (AvgIpc) is 3.21. The number of hydrogen-bond acceptors (Lipinski definition) is 5. The van der Waals surface area contributed by atoms with E-state index in [0.717, 1.165) is 5.56 Å². The number of halogens is 2. The second-order valence-electron chi connectivity index (χ2n) is 8.32. The summed E-state index contributed by atoms with van der Waals surface area (Å²) in [5, 5.41) is 5.89. The van der Waals surface area contributed by atoms with Gasteiger partial charge in [-0.1, -0.05) is 29.3 Å². The molecule has 166 valence electrons. The molecule has 4 rings (SSSR count). The smallest absolute Gasteiger partial charge is 0.234 e. The van der Waals surface area contributed by atoms with E-state index >= 15 is 0 Å². The van der Waals surface area contributed by atoms with Gasteiger partial charge in [0.05, 0.1) is 11.3 Å². The Hall–Kier alpha value is -2.90. The van der Waals surface area contributed by atoms with Crippen LogP contribution in [0, 0.1) is 0 Å². The molecule has 1 aliphatic rings. The number of amides is 3. The van der Waals surface area contributed by atoms with Crippen LogP contribution in [-0.4, -0.2) is 22.7 Å². The van der Waals surface area contributed by atoms with Crippen LogP contribution in [0.15, 0.2) is 41.1 Å². The highest BCUT2D eigenvalue weighted by atomic mass is 35.5. The Kier molecular flexibility index (Phi) is 5.97. The number of benzene rings is 2. The molecule has 0 aliphatic carbocycles. The maximum absolute atomic E-state index is 13.0. The largest absolute Gasteiger partial charge is 0.443 e. The van der Waals surface area contributed by atoms with Gasteiger partial charge >= 0.3 is 0 Å². The van der Waals surface area contributed by atoms with Gasteiger partial charge in [-0.25, -0.2) is 4.98 Å². The topological polar surface area (TPSA) is 101 Å². The van der Waals surface area contributed by atoms with Gasteiger partial charge in [0.15, 0.2) is 12.0 Å². The first kappa shape index (κ1) is 22.3. The lowest BCUT2D eigenvalue weighted by atomic mass is 9.83. The van der Waals surface area contributed by atoms with Crippen LogP contribution in [-0.2, 0) is 26.3 Å². The van der Waals surface area contributed by atoms with Gasteiger partial charge in [-0.15, -0.1) is 0 Å². The van der Waals surface area contributed by atoms with E-state index in [-0.39, 0.29) is 24.8 Å². The summed E-state index contributed by atoms with van der Waals surface area (Å²) in [6.07, 6.45) is 1.95. The molecule has 2 heterocycles. The van der Waals surface area contributed by atoms with Crippen molar-refractivity contribution in [1.29, 1.82) is 0 Å². The Morgan fingerprint density at radius 2 is 1.94 bits per heavy atom. The summed E-state index contributed by atoms with van der Waals surface area (Å²) in [5.41, 5.74) is 2.53. The van der Waals surface area contributed by atoms with Gasteiger partial charge < -0.3 is 9.73 Å². The summed E-state index contributed by atoms with van der Waals surface area (Å²) in [4.78, 5) is 40.7. The predicted molar refractivity (Wildman–Crippen MR) is 120 cm³/mol. The number of imide groups is 1. The van der Waals surface area contributed by atoms with E-state index in [9.17, 15) is 14.4 Å². The molecule has 1 aromatic heterocycles. The molecule has 9 heteroatoms. The molecule has 1 aliphatic heterocycles. The lowest BCUT2D eigenvalue weighted by Crippen LogP contribution is -2.40. The minimum Gasteiger partial charge on any atom is -0.443 e. The third-order valence-electron chi connectivity index (χ3n) is 5.80. The Morgan fingerprint density at radius 1 is 1.22 bits per heavy atom. The van der Waals surface area contributed by atoms with Crippen LogP contribution in [0.3, 0.4) is 0 Å². The molecule has 1 saturated heterocycles. The van der Waals surface area contributed by atoms with E-state index in [4.69, 9.17) is 27.6 Å². The SMILES string of the molecule is CC(C)(C(=O)NCc1cc(Cl)c(C2CCC(=O)NC2=O)c(Cl)c1)c1ccc2ocnc2c1. The third-order valence-corrected chi connectivity index (χ3v) is 6.42. The Bertz CT molecular complexity index is 1210. The normalized spacial score (nSPS) is 16.8. The summed E-state index contributed by atoms with van der Waals surface area (Å²) < 4.78 is 5.26. The minimum absolute atomic E-state index is 0.179. The third kappa shape index (κ3) is 4.23. The highest BCUT2D eigenvalue weighted by molar-refractivity contribution is 6.36. The molecule has 0 spiro atoms.